The molecule has 0 aliphatic carbocycles. The lowest BCUT2D eigenvalue weighted by Crippen LogP contribution is -2.02. The fraction of sp³-hybridized carbons (Fsp3) is 0.400. The van der Waals surface area contributed by atoms with Gasteiger partial charge < -0.3 is 14.4 Å². The minimum Gasteiger partial charge on any atom is -0.497 e. The van der Waals surface area contributed by atoms with Gasteiger partial charge in [0.1, 0.15) is 5.75 Å². The normalized spacial score (nSPS) is 12.6. The lowest BCUT2D eigenvalue weighted by atomic mass is 9.97. The van der Waals surface area contributed by atoms with Gasteiger partial charge >= 0.3 is 5.97 Å². The Morgan fingerprint density at radius 2 is 2.21 bits per heavy atom. The second kappa shape index (κ2) is 5.34. The molecular weight excluding hydrogens is 242 g/mol. The van der Waals surface area contributed by atoms with Crippen molar-refractivity contribution in [3.05, 3.63) is 30.0 Å². The van der Waals surface area contributed by atoms with Crippen LogP contribution >= 0.6 is 0 Å². The number of carbonyl (C=O) groups is 1. The van der Waals surface area contributed by atoms with E-state index in [4.69, 9.17) is 9.84 Å². The first-order chi connectivity index (χ1) is 9.06. The number of methoxy groups -OCH3 is 1. The van der Waals surface area contributed by atoms with E-state index in [-0.39, 0.29) is 12.3 Å². The summed E-state index contributed by atoms with van der Waals surface area (Å²) in [4.78, 5) is 10.9. The highest BCUT2D eigenvalue weighted by Crippen LogP contribution is 2.32. The van der Waals surface area contributed by atoms with Gasteiger partial charge in [-0.15, -0.1) is 0 Å². The third-order valence-corrected chi connectivity index (χ3v) is 3.47. The van der Waals surface area contributed by atoms with Crippen molar-refractivity contribution < 1.29 is 14.6 Å². The molecule has 1 aromatic heterocycles. The van der Waals surface area contributed by atoms with E-state index in [1.807, 2.05) is 25.1 Å². The standard InChI is InChI=1S/C15H19NO3/c1-4-16-9-13(10(2)7-15(17)18)12-8-11(19-3)5-6-14(12)16/h5-6,8-10H,4,7H2,1-3H3,(H,17,18). The van der Waals surface area contributed by atoms with Crippen LogP contribution in [0.25, 0.3) is 10.9 Å². The first kappa shape index (κ1) is 13.5. The number of hydrogen-bond acceptors (Lipinski definition) is 2. The Labute approximate surface area is 112 Å². The first-order valence-electron chi connectivity index (χ1n) is 6.45. The van der Waals surface area contributed by atoms with Crippen molar-refractivity contribution in [1.82, 2.24) is 4.57 Å². The van der Waals surface area contributed by atoms with Crippen LogP contribution < -0.4 is 4.74 Å². The predicted molar refractivity (Wildman–Crippen MR) is 74.8 cm³/mol. The predicted octanol–water partition coefficient (Wildman–Crippen LogP) is 3.25. The van der Waals surface area contributed by atoms with Crippen molar-refractivity contribution in [3.63, 3.8) is 0 Å². The number of aromatic nitrogens is 1. The van der Waals surface area contributed by atoms with Crippen LogP contribution in [0.1, 0.15) is 31.7 Å². The van der Waals surface area contributed by atoms with E-state index in [0.29, 0.717) is 0 Å². The summed E-state index contributed by atoms with van der Waals surface area (Å²) >= 11 is 0. The number of carboxylic acid groups (broad SMARTS) is 1. The van der Waals surface area contributed by atoms with Crippen molar-refractivity contribution in [2.45, 2.75) is 32.7 Å². The summed E-state index contributed by atoms with van der Waals surface area (Å²) in [6.07, 6.45) is 2.19. The molecule has 1 atom stereocenters. The van der Waals surface area contributed by atoms with Gasteiger partial charge in [-0.3, -0.25) is 4.79 Å². The molecule has 0 bridgehead atoms. The number of benzene rings is 1. The molecule has 1 heterocycles. The summed E-state index contributed by atoms with van der Waals surface area (Å²) in [5.41, 5.74) is 2.19. The van der Waals surface area contributed by atoms with Crippen molar-refractivity contribution in [3.8, 4) is 5.75 Å². The van der Waals surface area contributed by atoms with Crippen LogP contribution in [0.3, 0.4) is 0 Å². The van der Waals surface area contributed by atoms with Gasteiger partial charge in [-0.1, -0.05) is 6.92 Å². The van der Waals surface area contributed by atoms with E-state index in [0.717, 1.165) is 28.8 Å². The Hall–Kier alpha value is -1.97. The Bertz CT molecular complexity index is 601. The molecule has 1 unspecified atom stereocenters. The summed E-state index contributed by atoms with van der Waals surface area (Å²) in [6.45, 7) is 4.89. The van der Waals surface area contributed by atoms with Crippen LogP contribution in [0.4, 0.5) is 0 Å². The van der Waals surface area contributed by atoms with Crippen LogP contribution in [0.5, 0.6) is 5.75 Å². The molecule has 4 heteroatoms. The summed E-state index contributed by atoms with van der Waals surface area (Å²) in [6, 6.07) is 5.93. The van der Waals surface area contributed by atoms with Crippen molar-refractivity contribution in [1.29, 1.82) is 0 Å². The molecule has 0 saturated carbocycles. The second-order valence-corrected chi connectivity index (χ2v) is 4.75. The van der Waals surface area contributed by atoms with E-state index in [1.165, 1.54) is 0 Å². The lowest BCUT2D eigenvalue weighted by Gasteiger charge is -2.07. The molecule has 19 heavy (non-hydrogen) atoms. The molecule has 2 aromatic rings. The molecular formula is C15H19NO3. The van der Waals surface area contributed by atoms with Gasteiger partial charge in [0.25, 0.3) is 0 Å². The SMILES string of the molecule is CCn1cc(C(C)CC(=O)O)c2cc(OC)ccc21. The van der Waals surface area contributed by atoms with Gasteiger partial charge in [0.15, 0.2) is 0 Å². The maximum absolute atomic E-state index is 10.9. The number of aryl methyl sites for hydroxylation is 1. The number of ether oxygens (including phenoxy) is 1. The third-order valence-electron chi connectivity index (χ3n) is 3.47. The maximum atomic E-state index is 10.9. The number of nitrogens with zero attached hydrogens (tertiary/aromatic N) is 1. The second-order valence-electron chi connectivity index (χ2n) is 4.75. The average molecular weight is 261 g/mol. The number of hydrogen-bond donors (Lipinski definition) is 1. The topological polar surface area (TPSA) is 51.5 Å². The summed E-state index contributed by atoms with van der Waals surface area (Å²) in [5.74, 6) is 0.0119. The zero-order chi connectivity index (χ0) is 14.0. The molecule has 0 spiro atoms. The van der Waals surface area contributed by atoms with Gasteiger partial charge in [-0.05, 0) is 36.6 Å². The monoisotopic (exact) mass is 261 g/mol. The Kier molecular flexibility index (Phi) is 3.79. The average Bonchev–Trinajstić information content (AvgIpc) is 2.75. The molecule has 0 amide bonds. The smallest absolute Gasteiger partial charge is 0.303 e. The number of carboxylic acids is 1. The van der Waals surface area contributed by atoms with E-state index >= 15 is 0 Å². The zero-order valence-corrected chi connectivity index (χ0v) is 11.5. The van der Waals surface area contributed by atoms with Crippen LogP contribution in [0.2, 0.25) is 0 Å². The quantitative estimate of drug-likeness (QED) is 0.898. The molecule has 1 aromatic carbocycles. The van der Waals surface area contributed by atoms with Gasteiger partial charge in [-0.25, -0.2) is 0 Å². The van der Waals surface area contributed by atoms with Crippen molar-refractivity contribution in [2.24, 2.45) is 0 Å². The van der Waals surface area contributed by atoms with Crippen molar-refractivity contribution in [2.75, 3.05) is 7.11 Å². The van der Waals surface area contributed by atoms with Gasteiger partial charge in [-0.2, -0.15) is 0 Å². The minimum absolute atomic E-state index is 0.0140. The molecule has 0 saturated heterocycles. The highest BCUT2D eigenvalue weighted by Gasteiger charge is 2.16. The Morgan fingerprint density at radius 1 is 1.47 bits per heavy atom. The van der Waals surface area contributed by atoms with Crippen LogP contribution in [0, 0.1) is 0 Å². The number of rotatable bonds is 5. The lowest BCUT2D eigenvalue weighted by molar-refractivity contribution is -0.137. The first-order valence-corrected chi connectivity index (χ1v) is 6.45. The highest BCUT2D eigenvalue weighted by molar-refractivity contribution is 5.86. The van der Waals surface area contributed by atoms with Gasteiger partial charge in [0.2, 0.25) is 0 Å². The molecule has 2 rings (SSSR count). The largest absolute Gasteiger partial charge is 0.497 e. The van der Waals surface area contributed by atoms with Crippen molar-refractivity contribution >= 4 is 16.9 Å². The zero-order valence-electron chi connectivity index (χ0n) is 11.5. The molecule has 4 nitrogen and oxygen atoms in total. The molecule has 0 aliphatic heterocycles. The van der Waals surface area contributed by atoms with Crippen LogP contribution in [-0.2, 0) is 11.3 Å². The summed E-state index contributed by atoms with van der Waals surface area (Å²) < 4.78 is 7.40. The highest BCUT2D eigenvalue weighted by atomic mass is 16.5. The van der Waals surface area contributed by atoms with Gasteiger partial charge in [0, 0.05) is 23.6 Å². The fourth-order valence-electron chi connectivity index (χ4n) is 2.46. The molecule has 1 N–H and O–H groups in total. The number of fused-ring (bicyclic) bond motifs is 1. The third kappa shape index (κ3) is 2.57. The van der Waals surface area contributed by atoms with E-state index in [1.54, 1.807) is 7.11 Å². The maximum Gasteiger partial charge on any atom is 0.303 e. The molecule has 0 aliphatic rings. The molecule has 0 fully saturated rings. The van der Waals surface area contributed by atoms with Gasteiger partial charge in [0.05, 0.1) is 13.5 Å². The van der Waals surface area contributed by atoms with E-state index < -0.39 is 5.97 Å². The van der Waals surface area contributed by atoms with Crippen LogP contribution in [-0.4, -0.2) is 22.8 Å². The Morgan fingerprint density at radius 3 is 2.79 bits per heavy atom. The van der Waals surface area contributed by atoms with E-state index in [9.17, 15) is 4.79 Å². The summed E-state index contributed by atoms with van der Waals surface area (Å²) in [5, 5.41) is 10.0. The summed E-state index contributed by atoms with van der Waals surface area (Å²) in [7, 11) is 1.64. The van der Waals surface area contributed by atoms with E-state index in [2.05, 4.69) is 17.7 Å². The fourth-order valence-corrected chi connectivity index (χ4v) is 2.46. The Balaban J connectivity index is 2.55. The molecule has 0 radical (unpaired) electrons. The minimum atomic E-state index is -0.771. The number of aliphatic carboxylic acids is 1. The molecule has 102 valence electrons. The van der Waals surface area contributed by atoms with Crippen LogP contribution in [0.15, 0.2) is 24.4 Å².